The molecule has 0 aliphatic carbocycles. The van der Waals surface area contributed by atoms with Gasteiger partial charge in [0, 0.05) is 17.8 Å². The zero-order chi connectivity index (χ0) is 13.8. The first-order valence-electron chi connectivity index (χ1n) is 6.57. The van der Waals surface area contributed by atoms with Gasteiger partial charge in [-0.2, -0.15) is 0 Å². The van der Waals surface area contributed by atoms with Crippen LogP contribution in [0.2, 0.25) is 0 Å². The molecule has 0 fully saturated rings. The number of benzene rings is 2. The molecule has 4 nitrogen and oxygen atoms in total. The number of imidazole rings is 1. The Morgan fingerprint density at radius 2 is 2.00 bits per heavy atom. The van der Waals surface area contributed by atoms with E-state index < -0.39 is 6.10 Å². The van der Waals surface area contributed by atoms with E-state index in [1.54, 1.807) is 12.5 Å². The number of hydrogen-bond donors (Lipinski definition) is 1. The molecule has 0 aliphatic heterocycles. The lowest BCUT2D eigenvalue weighted by molar-refractivity contribution is 0.0932. The van der Waals surface area contributed by atoms with Crippen LogP contribution < -0.4 is 4.74 Å². The maximum atomic E-state index is 9.98. The molecule has 1 heterocycles. The van der Waals surface area contributed by atoms with Crippen LogP contribution in [0.25, 0.3) is 10.8 Å². The first kappa shape index (κ1) is 12.7. The lowest BCUT2D eigenvalue weighted by atomic mass is 10.1. The van der Waals surface area contributed by atoms with Gasteiger partial charge in [0.15, 0.2) is 0 Å². The van der Waals surface area contributed by atoms with Crippen LogP contribution in [0.15, 0.2) is 61.2 Å². The van der Waals surface area contributed by atoms with Crippen LogP contribution in [0, 0.1) is 0 Å². The summed E-state index contributed by atoms with van der Waals surface area (Å²) in [6.45, 7) is 0.733. The summed E-state index contributed by atoms with van der Waals surface area (Å²) in [6.07, 6.45) is 4.63. The summed E-state index contributed by atoms with van der Waals surface area (Å²) in [5.41, 5.74) is 0. The molecule has 0 saturated carbocycles. The van der Waals surface area contributed by atoms with Gasteiger partial charge in [0.05, 0.1) is 12.9 Å². The fraction of sp³-hybridized carbons (Fsp3) is 0.188. The second kappa shape index (κ2) is 5.75. The third-order valence-electron chi connectivity index (χ3n) is 3.16. The Balaban J connectivity index is 1.67. The van der Waals surface area contributed by atoms with Gasteiger partial charge in [-0.25, -0.2) is 4.98 Å². The fourth-order valence-electron chi connectivity index (χ4n) is 2.20. The largest absolute Gasteiger partial charge is 0.490 e. The summed E-state index contributed by atoms with van der Waals surface area (Å²) < 4.78 is 7.58. The number of aliphatic hydroxyl groups excluding tert-OH is 1. The third kappa shape index (κ3) is 2.81. The Kier molecular flexibility index (Phi) is 3.65. The standard InChI is InChI=1S/C16H16N2O2/c19-14(10-18-9-8-17-12-18)11-20-16-7-3-5-13-4-1-2-6-15(13)16/h1-9,12,14,19H,10-11H2. The molecule has 4 heteroatoms. The van der Waals surface area contributed by atoms with Gasteiger partial charge < -0.3 is 14.4 Å². The summed E-state index contributed by atoms with van der Waals surface area (Å²) in [5, 5.41) is 12.2. The quantitative estimate of drug-likeness (QED) is 0.773. The van der Waals surface area contributed by atoms with E-state index in [1.807, 2.05) is 53.2 Å². The minimum absolute atomic E-state index is 0.256. The zero-order valence-electron chi connectivity index (χ0n) is 11.0. The fourth-order valence-corrected chi connectivity index (χ4v) is 2.20. The summed E-state index contributed by atoms with van der Waals surface area (Å²) in [6, 6.07) is 14.0. The van der Waals surface area contributed by atoms with Gasteiger partial charge in [0.2, 0.25) is 0 Å². The van der Waals surface area contributed by atoms with Gasteiger partial charge in [-0.3, -0.25) is 0 Å². The SMILES string of the molecule is OC(COc1cccc2ccccc12)Cn1ccnc1. The molecule has 1 N–H and O–H groups in total. The molecule has 1 aromatic heterocycles. The average Bonchev–Trinajstić information content (AvgIpc) is 2.98. The Labute approximate surface area is 117 Å². The molecule has 0 saturated heterocycles. The van der Waals surface area contributed by atoms with E-state index in [1.165, 1.54) is 0 Å². The highest BCUT2D eigenvalue weighted by Gasteiger charge is 2.07. The highest BCUT2D eigenvalue weighted by Crippen LogP contribution is 2.25. The van der Waals surface area contributed by atoms with Crippen molar-refractivity contribution in [2.45, 2.75) is 12.6 Å². The van der Waals surface area contributed by atoms with Gasteiger partial charge in [-0.1, -0.05) is 36.4 Å². The molecule has 1 unspecified atom stereocenters. The summed E-state index contributed by atoms with van der Waals surface area (Å²) in [7, 11) is 0. The Morgan fingerprint density at radius 1 is 1.15 bits per heavy atom. The van der Waals surface area contributed by atoms with E-state index in [-0.39, 0.29) is 6.61 Å². The van der Waals surface area contributed by atoms with Crippen LogP contribution in [-0.4, -0.2) is 27.4 Å². The van der Waals surface area contributed by atoms with Crippen LogP contribution in [0.4, 0.5) is 0 Å². The highest BCUT2D eigenvalue weighted by atomic mass is 16.5. The smallest absolute Gasteiger partial charge is 0.127 e. The molecule has 0 radical (unpaired) electrons. The molecular weight excluding hydrogens is 252 g/mol. The van der Waals surface area contributed by atoms with E-state index >= 15 is 0 Å². The molecule has 0 amide bonds. The van der Waals surface area contributed by atoms with Crippen LogP contribution in [0.1, 0.15) is 0 Å². The molecule has 102 valence electrons. The van der Waals surface area contributed by atoms with E-state index in [9.17, 15) is 5.11 Å². The van der Waals surface area contributed by atoms with Crippen molar-refractivity contribution >= 4 is 10.8 Å². The highest BCUT2D eigenvalue weighted by molar-refractivity contribution is 5.88. The summed E-state index contributed by atoms with van der Waals surface area (Å²) >= 11 is 0. The topological polar surface area (TPSA) is 47.3 Å². The number of fused-ring (bicyclic) bond motifs is 1. The number of hydrogen-bond acceptors (Lipinski definition) is 3. The number of aliphatic hydroxyl groups is 1. The molecular formula is C16H16N2O2. The third-order valence-corrected chi connectivity index (χ3v) is 3.16. The number of aromatic nitrogens is 2. The lowest BCUT2D eigenvalue weighted by Gasteiger charge is -2.14. The van der Waals surface area contributed by atoms with Crippen LogP contribution >= 0.6 is 0 Å². The van der Waals surface area contributed by atoms with Crippen molar-refractivity contribution in [1.29, 1.82) is 0 Å². The molecule has 3 aromatic rings. The van der Waals surface area contributed by atoms with Crippen LogP contribution in [-0.2, 0) is 6.54 Å². The Bertz CT molecular complexity index is 675. The van der Waals surface area contributed by atoms with Gasteiger partial charge in [-0.15, -0.1) is 0 Å². The monoisotopic (exact) mass is 268 g/mol. The summed E-state index contributed by atoms with van der Waals surface area (Å²) in [5.74, 6) is 0.799. The molecule has 1 atom stereocenters. The van der Waals surface area contributed by atoms with Crippen LogP contribution in [0.5, 0.6) is 5.75 Å². The molecule has 0 spiro atoms. The Hall–Kier alpha value is -2.33. The molecule has 0 bridgehead atoms. The normalized spacial score (nSPS) is 12.4. The zero-order valence-corrected chi connectivity index (χ0v) is 11.0. The van der Waals surface area contributed by atoms with E-state index in [2.05, 4.69) is 4.98 Å². The van der Waals surface area contributed by atoms with E-state index in [0.29, 0.717) is 6.54 Å². The number of rotatable bonds is 5. The van der Waals surface area contributed by atoms with Crippen molar-refractivity contribution in [2.75, 3.05) is 6.61 Å². The lowest BCUT2D eigenvalue weighted by Crippen LogP contribution is -2.23. The second-order valence-electron chi connectivity index (χ2n) is 4.70. The number of nitrogens with zero attached hydrogens (tertiary/aromatic N) is 2. The molecule has 20 heavy (non-hydrogen) atoms. The number of ether oxygens (including phenoxy) is 1. The predicted octanol–water partition coefficient (Wildman–Crippen LogP) is 2.48. The van der Waals surface area contributed by atoms with E-state index in [0.717, 1.165) is 16.5 Å². The van der Waals surface area contributed by atoms with Crippen molar-refractivity contribution in [1.82, 2.24) is 9.55 Å². The minimum atomic E-state index is -0.567. The minimum Gasteiger partial charge on any atom is -0.490 e. The van der Waals surface area contributed by atoms with Crippen molar-refractivity contribution in [2.24, 2.45) is 0 Å². The van der Waals surface area contributed by atoms with Crippen molar-refractivity contribution in [3.05, 3.63) is 61.2 Å². The van der Waals surface area contributed by atoms with Gasteiger partial charge in [0.25, 0.3) is 0 Å². The van der Waals surface area contributed by atoms with E-state index in [4.69, 9.17) is 4.74 Å². The second-order valence-corrected chi connectivity index (χ2v) is 4.70. The molecule has 0 aliphatic rings. The maximum absolute atomic E-state index is 9.98. The van der Waals surface area contributed by atoms with Crippen LogP contribution in [0.3, 0.4) is 0 Å². The van der Waals surface area contributed by atoms with Gasteiger partial charge in [0.1, 0.15) is 18.5 Å². The molecule has 2 aromatic carbocycles. The van der Waals surface area contributed by atoms with Crippen molar-refractivity contribution in [3.63, 3.8) is 0 Å². The van der Waals surface area contributed by atoms with Crippen molar-refractivity contribution in [3.8, 4) is 5.75 Å². The summed E-state index contributed by atoms with van der Waals surface area (Å²) in [4.78, 5) is 3.95. The molecule has 3 rings (SSSR count). The average molecular weight is 268 g/mol. The Morgan fingerprint density at radius 3 is 2.85 bits per heavy atom. The maximum Gasteiger partial charge on any atom is 0.127 e. The van der Waals surface area contributed by atoms with Crippen molar-refractivity contribution < 1.29 is 9.84 Å². The van der Waals surface area contributed by atoms with Gasteiger partial charge in [-0.05, 0) is 11.5 Å². The first-order chi connectivity index (χ1) is 9.83. The first-order valence-corrected chi connectivity index (χ1v) is 6.57. The van der Waals surface area contributed by atoms with Gasteiger partial charge >= 0.3 is 0 Å². The predicted molar refractivity (Wildman–Crippen MR) is 77.7 cm³/mol.